The number of aromatic nitrogens is 3. The molecular formula is C51H45N3. The van der Waals surface area contributed by atoms with E-state index in [-0.39, 0.29) is 0 Å². The van der Waals surface area contributed by atoms with Gasteiger partial charge in [0.1, 0.15) is 0 Å². The highest BCUT2D eigenvalue weighted by atomic mass is 14.7. The van der Waals surface area contributed by atoms with Gasteiger partial charge in [0, 0.05) is 35.3 Å². The number of hydrogen-bond donors (Lipinski definition) is 0. The van der Waals surface area contributed by atoms with Gasteiger partial charge in [-0.25, -0.2) is 0 Å². The predicted octanol–water partition coefficient (Wildman–Crippen LogP) is 13.7. The van der Waals surface area contributed by atoms with Crippen LogP contribution >= 0.6 is 0 Å². The molecule has 0 amide bonds. The Kier molecular flexibility index (Phi) is 10.7. The van der Waals surface area contributed by atoms with Crippen molar-refractivity contribution < 1.29 is 0 Å². The van der Waals surface area contributed by atoms with E-state index in [1.54, 1.807) is 0 Å². The predicted molar refractivity (Wildman–Crippen MR) is 230 cm³/mol. The van der Waals surface area contributed by atoms with Gasteiger partial charge in [0.15, 0.2) is 0 Å². The van der Waals surface area contributed by atoms with Crippen molar-refractivity contribution >= 4 is 33.4 Å². The molecule has 0 radical (unpaired) electrons. The minimum Gasteiger partial charge on any atom is -0.256 e. The van der Waals surface area contributed by atoms with E-state index in [0.29, 0.717) is 0 Å². The van der Waals surface area contributed by atoms with E-state index < -0.39 is 0 Å². The summed E-state index contributed by atoms with van der Waals surface area (Å²) in [6.07, 6.45) is 5.52. The Morgan fingerprint density at radius 2 is 0.519 bits per heavy atom. The van der Waals surface area contributed by atoms with Crippen LogP contribution in [0.2, 0.25) is 0 Å². The van der Waals surface area contributed by atoms with E-state index in [1.807, 2.05) is 55.0 Å². The summed E-state index contributed by atoms with van der Waals surface area (Å²) in [7, 11) is 0. The lowest BCUT2D eigenvalue weighted by Crippen LogP contribution is -1.95. The molecule has 0 fully saturated rings. The van der Waals surface area contributed by atoms with Crippen LogP contribution in [0.25, 0.3) is 67.2 Å². The quantitative estimate of drug-likeness (QED) is 0.141. The van der Waals surface area contributed by atoms with Crippen LogP contribution in [0, 0.1) is 0 Å². The molecule has 0 aliphatic carbocycles. The molecule has 3 heterocycles. The third-order valence-corrected chi connectivity index (χ3v) is 10.8. The maximum atomic E-state index is 4.54. The van der Waals surface area contributed by atoms with E-state index in [9.17, 15) is 0 Å². The molecule has 0 saturated heterocycles. The summed E-state index contributed by atoms with van der Waals surface area (Å²) in [6, 6.07) is 51.4. The van der Waals surface area contributed by atoms with E-state index in [2.05, 4.69) is 166 Å². The van der Waals surface area contributed by atoms with E-state index in [1.165, 1.54) is 66.8 Å². The van der Waals surface area contributed by atoms with Crippen LogP contribution in [-0.4, -0.2) is 15.0 Å². The molecule has 3 heteroatoms. The smallest absolute Gasteiger partial charge is 0.0701 e. The topological polar surface area (TPSA) is 38.7 Å². The van der Waals surface area contributed by atoms with Gasteiger partial charge in [-0.1, -0.05) is 91.0 Å². The minimum atomic E-state index is 0.979. The van der Waals surface area contributed by atoms with Gasteiger partial charge >= 0.3 is 0 Å². The molecule has 0 saturated carbocycles. The highest BCUT2D eigenvalue weighted by Crippen LogP contribution is 2.36. The summed E-state index contributed by atoms with van der Waals surface area (Å²) in [5.41, 5.74) is 21.0. The van der Waals surface area contributed by atoms with Gasteiger partial charge in [-0.05, 0) is 163 Å². The Morgan fingerprint density at radius 3 is 0.741 bits per heavy atom. The number of allylic oxidation sites excluding steroid dienone is 6. The average molecular weight is 700 g/mol. The van der Waals surface area contributed by atoms with Crippen LogP contribution < -0.4 is 0 Å². The first-order valence-electron chi connectivity index (χ1n) is 18.5. The lowest BCUT2D eigenvalue weighted by molar-refractivity contribution is 1.32. The van der Waals surface area contributed by atoms with Gasteiger partial charge in [-0.15, -0.1) is 0 Å². The van der Waals surface area contributed by atoms with Crippen LogP contribution in [0.5, 0.6) is 0 Å². The van der Waals surface area contributed by atoms with Crippen LogP contribution in [0.15, 0.2) is 164 Å². The van der Waals surface area contributed by atoms with Crippen molar-refractivity contribution in [2.45, 2.75) is 41.5 Å². The van der Waals surface area contributed by atoms with Crippen LogP contribution in [0.4, 0.5) is 0 Å². The fraction of sp³-hybridized carbons (Fsp3) is 0.118. The Morgan fingerprint density at radius 1 is 0.278 bits per heavy atom. The summed E-state index contributed by atoms with van der Waals surface area (Å²) in [5.74, 6) is 0. The third kappa shape index (κ3) is 7.82. The van der Waals surface area contributed by atoms with Gasteiger partial charge in [-0.2, -0.15) is 0 Å². The maximum Gasteiger partial charge on any atom is 0.0701 e. The van der Waals surface area contributed by atoms with Crippen molar-refractivity contribution in [3.05, 3.63) is 198 Å². The highest BCUT2D eigenvalue weighted by Gasteiger charge is 2.14. The summed E-state index contributed by atoms with van der Waals surface area (Å²) in [4.78, 5) is 13.6. The lowest BCUT2D eigenvalue weighted by atomic mass is 9.87. The molecule has 4 aromatic carbocycles. The van der Waals surface area contributed by atoms with Gasteiger partial charge in [0.25, 0.3) is 0 Å². The summed E-state index contributed by atoms with van der Waals surface area (Å²) >= 11 is 0. The van der Waals surface area contributed by atoms with E-state index >= 15 is 0 Å². The molecule has 54 heavy (non-hydrogen) atoms. The second kappa shape index (κ2) is 16.1. The van der Waals surface area contributed by atoms with Crippen molar-refractivity contribution in [3.8, 4) is 33.8 Å². The largest absolute Gasteiger partial charge is 0.256 e. The molecule has 0 bridgehead atoms. The number of pyridine rings is 3. The Bertz CT molecular complexity index is 2180. The van der Waals surface area contributed by atoms with Crippen molar-refractivity contribution in [3.63, 3.8) is 0 Å². The maximum absolute atomic E-state index is 4.54. The Labute approximate surface area is 320 Å². The number of rotatable bonds is 9. The zero-order valence-corrected chi connectivity index (χ0v) is 31.9. The first-order valence-corrected chi connectivity index (χ1v) is 18.5. The zero-order valence-electron chi connectivity index (χ0n) is 31.9. The van der Waals surface area contributed by atoms with Gasteiger partial charge in [0.2, 0.25) is 0 Å². The zero-order chi connectivity index (χ0) is 37.6. The summed E-state index contributed by atoms with van der Waals surface area (Å²) in [5, 5.41) is 0. The Hall–Kier alpha value is -6.45. The first kappa shape index (κ1) is 35.9. The number of nitrogens with zero attached hydrogens (tertiary/aromatic N) is 3. The normalized spacial score (nSPS) is 12.8. The molecule has 3 nitrogen and oxygen atoms in total. The fourth-order valence-corrected chi connectivity index (χ4v) is 6.85. The molecule has 7 rings (SSSR count). The number of benzene rings is 4. The van der Waals surface area contributed by atoms with Gasteiger partial charge < -0.3 is 0 Å². The third-order valence-electron chi connectivity index (χ3n) is 10.8. The van der Waals surface area contributed by atoms with Gasteiger partial charge in [0.05, 0.1) is 17.1 Å². The molecule has 0 N–H and O–H groups in total. The molecular weight excluding hydrogens is 655 g/mol. The first-order chi connectivity index (χ1) is 26.3. The van der Waals surface area contributed by atoms with E-state index in [0.717, 1.165) is 33.8 Å². The summed E-state index contributed by atoms with van der Waals surface area (Å²) < 4.78 is 0. The van der Waals surface area contributed by atoms with Crippen molar-refractivity contribution in [1.29, 1.82) is 0 Å². The fourth-order valence-electron chi connectivity index (χ4n) is 6.85. The van der Waals surface area contributed by atoms with Crippen LogP contribution in [0.3, 0.4) is 0 Å². The molecule has 0 unspecified atom stereocenters. The minimum absolute atomic E-state index is 0.979. The summed E-state index contributed by atoms with van der Waals surface area (Å²) in [6.45, 7) is 13.4. The second-order valence-corrected chi connectivity index (χ2v) is 13.9. The SMILES string of the molecule is CC(=C(C)c1cc(/C(C)=C(/C)c2ccc(-c3ccccn3)cc2)cc(/C(C)=C(/C)c2ccc(-c3ccccn3)cc2)c1)c1ccc(-c2ccccn2)cc1. The average Bonchev–Trinajstić information content (AvgIpc) is 3.25. The van der Waals surface area contributed by atoms with Crippen molar-refractivity contribution in [2.24, 2.45) is 0 Å². The molecule has 0 aliphatic rings. The molecule has 264 valence electrons. The molecule has 0 atom stereocenters. The molecule has 7 aromatic rings. The van der Waals surface area contributed by atoms with Crippen LogP contribution in [-0.2, 0) is 0 Å². The lowest BCUT2D eigenvalue weighted by Gasteiger charge is -2.17. The highest BCUT2D eigenvalue weighted by molar-refractivity contribution is 5.96. The van der Waals surface area contributed by atoms with Crippen LogP contribution in [0.1, 0.15) is 74.9 Å². The standard InChI is InChI=1S/C51H45N3/c1-34(40-16-22-43(23-17-40)49-13-7-10-28-52-49)37(4)46-31-47(38(5)35(2)41-18-24-44(25-19-41)50-14-8-11-29-53-50)33-48(32-46)39(6)36(3)42-20-26-45(27-21-42)51-15-9-12-30-54-51/h7-33H,1-6H3/b37-34-,38-35-,39-36?. The monoisotopic (exact) mass is 699 g/mol. The molecule has 3 aromatic heterocycles. The van der Waals surface area contributed by atoms with Gasteiger partial charge in [-0.3, -0.25) is 15.0 Å². The molecule has 0 spiro atoms. The van der Waals surface area contributed by atoms with Crippen molar-refractivity contribution in [2.75, 3.05) is 0 Å². The number of hydrogen-bond acceptors (Lipinski definition) is 3. The van der Waals surface area contributed by atoms with E-state index in [4.69, 9.17) is 0 Å². The second-order valence-electron chi connectivity index (χ2n) is 13.9. The van der Waals surface area contributed by atoms with Crippen molar-refractivity contribution in [1.82, 2.24) is 15.0 Å². The Balaban J connectivity index is 1.29. The molecule has 0 aliphatic heterocycles.